The number of ether oxygens (including phenoxy) is 1. The minimum Gasteiger partial charge on any atom is -0.450 e. The molecule has 1 saturated heterocycles. The van der Waals surface area contributed by atoms with E-state index in [1.165, 1.54) is 12.4 Å². The van der Waals surface area contributed by atoms with E-state index in [1.807, 2.05) is 6.07 Å². The molecule has 1 N–H and O–H groups in total. The Morgan fingerprint density at radius 2 is 2.35 bits per heavy atom. The van der Waals surface area contributed by atoms with Crippen molar-refractivity contribution >= 4 is 22.8 Å². The van der Waals surface area contributed by atoms with E-state index in [9.17, 15) is 9.18 Å². The molecule has 0 aliphatic carbocycles. The molecule has 0 radical (unpaired) electrons. The van der Waals surface area contributed by atoms with Gasteiger partial charge in [0, 0.05) is 24.5 Å². The Kier molecular flexibility index (Phi) is 4.55. The molecule has 1 fully saturated rings. The average Bonchev–Trinajstić information content (AvgIpc) is 2.55. The van der Waals surface area contributed by atoms with Crippen LogP contribution in [0, 0.1) is 5.82 Å². The van der Waals surface area contributed by atoms with Crippen LogP contribution in [0.4, 0.5) is 15.0 Å². The third-order valence-corrected chi connectivity index (χ3v) is 3.91. The molecule has 1 aromatic heterocycles. The first kappa shape index (κ1) is 15.5. The number of nitrogens with one attached hydrogen (secondary N) is 1. The van der Waals surface area contributed by atoms with Crippen LogP contribution in [0.5, 0.6) is 0 Å². The highest BCUT2D eigenvalue weighted by atomic mass is 19.1. The molecule has 23 heavy (non-hydrogen) atoms. The van der Waals surface area contributed by atoms with Gasteiger partial charge in [-0.1, -0.05) is 6.07 Å². The summed E-state index contributed by atoms with van der Waals surface area (Å²) in [5.74, 6) is 0.342. The van der Waals surface area contributed by atoms with Gasteiger partial charge in [-0.05, 0) is 31.9 Å². The van der Waals surface area contributed by atoms with E-state index in [2.05, 4.69) is 20.2 Å². The first-order valence-corrected chi connectivity index (χ1v) is 7.76. The molecule has 0 bridgehead atoms. The van der Waals surface area contributed by atoms with Crippen LogP contribution in [0.25, 0.3) is 10.9 Å². The highest BCUT2D eigenvalue weighted by molar-refractivity contribution is 5.89. The number of aromatic nitrogens is 2. The molecule has 122 valence electrons. The van der Waals surface area contributed by atoms with Crippen molar-refractivity contribution in [2.75, 3.05) is 24.6 Å². The summed E-state index contributed by atoms with van der Waals surface area (Å²) in [6, 6.07) is 4.85. The number of piperidine rings is 1. The summed E-state index contributed by atoms with van der Waals surface area (Å²) in [4.78, 5) is 22.0. The minimum absolute atomic E-state index is 0.0126. The lowest BCUT2D eigenvalue weighted by Crippen LogP contribution is -2.48. The maximum Gasteiger partial charge on any atom is 0.407 e. The second-order valence-electron chi connectivity index (χ2n) is 5.48. The number of halogens is 1. The maximum absolute atomic E-state index is 13.9. The van der Waals surface area contributed by atoms with Crippen molar-refractivity contribution < 1.29 is 13.9 Å². The third-order valence-electron chi connectivity index (χ3n) is 3.91. The molecule has 2 aromatic rings. The molecule has 2 heterocycles. The standard InChI is InChI=1S/C16H19FN4O2/c1-2-23-16(22)20-11-5-4-8-21(9-11)15-12-6-3-7-13(17)14(12)18-10-19-15/h3,6-7,10-11H,2,4-5,8-9H2,1H3,(H,20,22). The smallest absolute Gasteiger partial charge is 0.407 e. The van der Waals surface area contributed by atoms with Gasteiger partial charge in [-0.3, -0.25) is 0 Å². The van der Waals surface area contributed by atoms with Crippen molar-refractivity contribution in [3.8, 4) is 0 Å². The highest BCUT2D eigenvalue weighted by Gasteiger charge is 2.24. The number of rotatable bonds is 3. The largest absolute Gasteiger partial charge is 0.450 e. The van der Waals surface area contributed by atoms with Gasteiger partial charge in [0.2, 0.25) is 0 Å². The number of nitrogens with zero attached hydrogens (tertiary/aromatic N) is 3. The van der Waals surface area contributed by atoms with Crippen molar-refractivity contribution in [1.29, 1.82) is 0 Å². The van der Waals surface area contributed by atoms with Gasteiger partial charge >= 0.3 is 6.09 Å². The summed E-state index contributed by atoms with van der Waals surface area (Å²) in [5, 5.41) is 3.54. The highest BCUT2D eigenvalue weighted by Crippen LogP contribution is 2.26. The number of carbonyl (C=O) groups excluding carboxylic acids is 1. The lowest BCUT2D eigenvalue weighted by Gasteiger charge is -2.34. The Bertz CT molecular complexity index is 710. The number of alkyl carbamates (subject to hydrolysis) is 1. The molecular formula is C16H19FN4O2. The Labute approximate surface area is 133 Å². The zero-order chi connectivity index (χ0) is 16.2. The second-order valence-corrected chi connectivity index (χ2v) is 5.48. The van der Waals surface area contributed by atoms with E-state index in [-0.39, 0.29) is 11.9 Å². The van der Waals surface area contributed by atoms with Crippen LogP contribution in [0.15, 0.2) is 24.5 Å². The summed E-state index contributed by atoms with van der Waals surface area (Å²) in [6.45, 7) is 3.54. The maximum atomic E-state index is 13.9. The third kappa shape index (κ3) is 3.33. The van der Waals surface area contributed by atoms with Crippen molar-refractivity contribution in [1.82, 2.24) is 15.3 Å². The summed E-state index contributed by atoms with van der Waals surface area (Å²) in [5.41, 5.74) is 0.318. The van der Waals surface area contributed by atoms with Gasteiger partial charge in [-0.25, -0.2) is 19.2 Å². The monoisotopic (exact) mass is 318 g/mol. The fraction of sp³-hybridized carbons (Fsp3) is 0.438. The molecule has 1 aliphatic heterocycles. The molecule has 3 rings (SSSR count). The predicted molar refractivity (Wildman–Crippen MR) is 84.9 cm³/mol. The molecule has 1 amide bonds. The molecule has 7 heteroatoms. The predicted octanol–water partition coefficient (Wildman–Crippen LogP) is 2.48. The van der Waals surface area contributed by atoms with E-state index in [0.717, 1.165) is 19.4 Å². The average molecular weight is 318 g/mol. The Morgan fingerprint density at radius 3 is 3.17 bits per heavy atom. The number of amides is 1. The fourth-order valence-corrected chi connectivity index (χ4v) is 2.92. The lowest BCUT2D eigenvalue weighted by molar-refractivity contribution is 0.146. The number of anilines is 1. The molecule has 0 spiro atoms. The number of benzene rings is 1. The van der Waals surface area contributed by atoms with Crippen LogP contribution in [0.1, 0.15) is 19.8 Å². The zero-order valence-electron chi connectivity index (χ0n) is 13.0. The summed E-state index contributed by atoms with van der Waals surface area (Å²) < 4.78 is 18.8. The Morgan fingerprint density at radius 1 is 1.48 bits per heavy atom. The molecule has 1 aromatic carbocycles. The molecule has 1 atom stereocenters. The van der Waals surface area contributed by atoms with Crippen LogP contribution in [0.3, 0.4) is 0 Å². The topological polar surface area (TPSA) is 67.3 Å². The van der Waals surface area contributed by atoms with Gasteiger partial charge in [0.1, 0.15) is 23.5 Å². The minimum atomic E-state index is -0.405. The van der Waals surface area contributed by atoms with Gasteiger partial charge in [-0.2, -0.15) is 0 Å². The van der Waals surface area contributed by atoms with Gasteiger partial charge in [-0.15, -0.1) is 0 Å². The van der Waals surface area contributed by atoms with E-state index in [4.69, 9.17) is 4.74 Å². The molecule has 6 nitrogen and oxygen atoms in total. The second kappa shape index (κ2) is 6.76. The van der Waals surface area contributed by atoms with Crippen LogP contribution >= 0.6 is 0 Å². The molecule has 1 aliphatic rings. The van der Waals surface area contributed by atoms with Crippen LogP contribution in [0.2, 0.25) is 0 Å². The van der Waals surface area contributed by atoms with Gasteiger partial charge in [0.05, 0.1) is 6.61 Å². The molecule has 0 saturated carbocycles. The number of carbonyl (C=O) groups is 1. The molecular weight excluding hydrogens is 299 g/mol. The SMILES string of the molecule is CCOC(=O)NC1CCCN(c2ncnc3c(F)cccc23)C1. The summed E-state index contributed by atoms with van der Waals surface area (Å²) in [6.07, 6.45) is 2.77. The van der Waals surface area contributed by atoms with E-state index in [0.29, 0.717) is 29.9 Å². The number of hydrogen-bond donors (Lipinski definition) is 1. The number of para-hydroxylation sites is 1. The van der Waals surface area contributed by atoms with E-state index in [1.54, 1.807) is 13.0 Å². The Balaban J connectivity index is 1.82. The lowest BCUT2D eigenvalue weighted by atomic mass is 10.1. The van der Waals surface area contributed by atoms with Crippen molar-refractivity contribution in [2.45, 2.75) is 25.8 Å². The van der Waals surface area contributed by atoms with E-state index >= 15 is 0 Å². The normalized spacial score (nSPS) is 18.0. The zero-order valence-corrected chi connectivity index (χ0v) is 13.0. The van der Waals surface area contributed by atoms with Crippen molar-refractivity contribution in [2.24, 2.45) is 0 Å². The first-order chi connectivity index (χ1) is 11.2. The number of hydrogen-bond acceptors (Lipinski definition) is 5. The molecule has 1 unspecified atom stereocenters. The van der Waals surface area contributed by atoms with Crippen molar-refractivity contribution in [3.63, 3.8) is 0 Å². The fourth-order valence-electron chi connectivity index (χ4n) is 2.92. The quantitative estimate of drug-likeness (QED) is 0.942. The first-order valence-electron chi connectivity index (χ1n) is 7.76. The Hall–Kier alpha value is -2.44. The van der Waals surface area contributed by atoms with Crippen LogP contribution in [-0.2, 0) is 4.74 Å². The van der Waals surface area contributed by atoms with Gasteiger partial charge in [0.15, 0.2) is 0 Å². The van der Waals surface area contributed by atoms with Gasteiger partial charge in [0.25, 0.3) is 0 Å². The number of fused-ring (bicyclic) bond motifs is 1. The van der Waals surface area contributed by atoms with Crippen LogP contribution < -0.4 is 10.2 Å². The van der Waals surface area contributed by atoms with Crippen molar-refractivity contribution in [3.05, 3.63) is 30.3 Å². The van der Waals surface area contributed by atoms with Crippen LogP contribution in [-0.4, -0.2) is 41.8 Å². The summed E-state index contributed by atoms with van der Waals surface area (Å²) >= 11 is 0. The van der Waals surface area contributed by atoms with E-state index < -0.39 is 6.09 Å². The van der Waals surface area contributed by atoms with Gasteiger partial charge < -0.3 is 15.0 Å². The summed E-state index contributed by atoms with van der Waals surface area (Å²) in [7, 11) is 0.